The van der Waals surface area contributed by atoms with Crippen molar-refractivity contribution in [3.05, 3.63) is 29.8 Å². The highest BCUT2D eigenvalue weighted by atomic mass is 16.5. The number of hydrogen-bond donors (Lipinski definition) is 1. The number of amides is 2. The second-order valence-corrected chi connectivity index (χ2v) is 7.18. The van der Waals surface area contributed by atoms with E-state index in [1.807, 2.05) is 38.1 Å². The Balaban J connectivity index is 1.59. The van der Waals surface area contributed by atoms with Gasteiger partial charge in [0.2, 0.25) is 11.8 Å². The van der Waals surface area contributed by atoms with E-state index in [-0.39, 0.29) is 11.8 Å². The molecule has 0 radical (unpaired) electrons. The lowest BCUT2D eigenvalue weighted by Crippen LogP contribution is -2.47. The highest BCUT2D eigenvalue weighted by Gasteiger charge is 2.57. The number of carbonyl (C=O) groups is 2. The summed E-state index contributed by atoms with van der Waals surface area (Å²) in [6.45, 7) is 9.19. The van der Waals surface area contributed by atoms with Gasteiger partial charge in [0.25, 0.3) is 0 Å². The van der Waals surface area contributed by atoms with Crippen molar-refractivity contribution in [3.8, 4) is 0 Å². The number of anilines is 1. The van der Waals surface area contributed by atoms with Crippen LogP contribution in [0.5, 0.6) is 0 Å². The monoisotopic (exact) mass is 359 g/mol. The Morgan fingerprint density at radius 3 is 2.62 bits per heavy atom. The average molecular weight is 359 g/mol. The number of aryl methyl sites for hydroxylation is 1. The first-order valence-corrected chi connectivity index (χ1v) is 9.54. The third kappa shape index (κ3) is 4.07. The van der Waals surface area contributed by atoms with E-state index in [1.165, 1.54) is 0 Å². The van der Waals surface area contributed by atoms with Crippen LogP contribution in [-0.2, 0) is 14.3 Å². The molecule has 1 saturated carbocycles. The maximum Gasteiger partial charge on any atom is 0.242 e. The molecule has 0 bridgehead atoms. The maximum absolute atomic E-state index is 13.1. The number of morpholine rings is 1. The van der Waals surface area contributed by atoms with E-state index in [1.54, 1.807) is 4.90 Å². The Morgan fingerprint density at radius 2 is 2.00 bits per heavy atom. The summed E-state index contributed by atoms with van der Waals surface area (Å²) >= 11 is 0. The summed E-state index contributed by atoms with van der Waals surface area (Å²) < 4.78 is 5.33. The minimum atomic E-state index is -0.870. The quantitative estimate of drug-likeness (QED) is 0.751. The Labute approximate surface area is 155 Å². The largest absolute Gasteiger partial charge is 0.379 e. The van der Waals surface area contributed by atoms with Crippen molar-refractivity contribution < 1.29 is 14.3 Å². The van der Waals surface area contributed by atoms with Crippen molar-refractivity contribution in [3.63, 3.8) is 0 Å². The smallest absolute Gasteiger partial charge is 0.242 e. The summed E-state index contributed by atoms with van der Waals surface area (Å²) in [5, 5.41) is 2.99. The summed E-state index contributed by atoms with van der Waals surface area (Å²) in [7, 11) is 0. The summed E-state index contributed by atoms with van der Waals surface area (Å²) in [6, 6.07) is 7.88. The normalized spacial score (nSPS) is 19.0. The van der Waals surface area contributed by atoms with Gasteiger partial charge in [-0.1, -0.05) is 12.1 Å². The van der Waals surface area contributed by atoms with Gasteiger partial charge in [0.1, 0.15) is 5.41 Å². The maximum atomic E-state index is 13.1. The minimum Gasteiger partial charge on any atom is -0.379 e. The van der Waals surface area contributed by atoms with E-state index in [4.69, 9.17) is 4.74 Å². The van der Waals surface area contributed by atoms with Crippen LogP contribution in [0, 0.1) is 12.3 Å². The van der Waals surface area contributed by atoms with Crippen molar-refractivity contribution in [2.24, 2.45) is 5.41 Å². The van der Waals surface area contributed by atoms with Crippen molar-refractivity contribution in [2.45, 2.75) is 26.7 Å². The zero-order valence-corrected chi connectivity index (χ0v) is 15.8. The molecule has 1 saturated heterocycles. The molecule has 6 heteroatoms. The zero-order valence-electron chi connectivity index (χ0n) is 15.8. The molecule has 2 fully saturated rings. The minimum absolute atomic E-state index is 0.0746. The van der Waals surface area contributed by atoms with Gasteiger partial charge in [-0.2, -0.15) is 0 Å². The van der Waals surface area contributed by atoms with Crippen molar-refractivity contribution in [1.82, 2.24) is 10.2 Å². The number of ether oxygens (including phenoxy) is 1. The van der Waals surface area contributed by atoms with Crippen LogP contribution >= 0.6 is 0 Å². The molecule has 1 N–H and O–H groups in total. The van der Waals surface area contributed by atoms with E-state index >= 15 is 0 Å². The van der Waals surface area contributed by atoms with E-state index in [0.717, 1.165) is 44.1 Å². The number of carbonyl (C=O) groups excluding carboxylic acids is 2. The van der Waals surface area contributed by atoms with Crippen LogP contribution < -0.4 is 10.2 Å². The van der Waals surface area contributed by atoms with E-state index in [2.05, 4.69) is 10.2 Å². The van der Waals surface area contributed by atoms with E-state index in [9.17, 15) is 9.59 Å². The molecule has 0 aromatic heterocycles. The van der Waals surface area contributed by atoms with Crippen LogP contribution in [0.15, 0.2) is 24.3 Å². The predicted octanol–water partition coefficient (Wildman–Crippen LogP) is 1.58. The Bertz CT molecular complexity index is 651. The molecule has 1 aromatic carbocycles. The Kier molecular flexibility index (Phi) is 5.94. The molecule has 1 aliphatic carbocycles. The molecule has 6 nitrogen and oxygen atoms in total. The summed E-state index contributed by atoms with van der Waals surface area (Å²) in [5.41, 5.74) is 1.10. The van der Waals surface area contributed by atoms with Gasteiger partial charge in [0.05, 0.1) is 13.2 Å². The molecule has 0 atom stereocenters. The Morgan fingerprint density at radius 1 is 1.27 bits per heavy atom. The van der Waals surface area contributed by atoms with Gasteiger partial charge in [-0.25, -0.2) is 0 Å². The van der Waals surface area contributed by atoms with Gasteiger partial charge in [0, 0.05) is 38.4 Å². The first-order chi connectivity index (χ1) is 12.6. The molecule has 0 spiro atoms. The number of benzene rings is 1. The highest BCUT2D eigenvalue weighted by molar-refractivity contribution is 6.14. The third-order valence-corrected chi connectivity index (χ3v) is 5.29. The van der Waals surface area contributed by atoms with Crippen LogP contribution in [0.3, 0.4) is 0 Å². The number of nitrogens with one attached hydrogen (secondary N) is 1. The summed E-state index contributed by atoms with van der Waals surface area (Å²) in [5.74, 6) is -0.198. The second-order valence-electron chi connectivity index (χ2n) is 7.18. The van der Waals surface area contributed by atoms with Crippen LogP contribution in [0.1, 0.15) is 25.3 Å². The lowest BCUT2D eigenvalue weighted by Gasteiger charge is -2.28. The van der Waals surface area contributed by atoms with Crippen LogP contribution in [-0.4, -0.2) is 62.7 Å². The average Bonchev–Trinajstić information content (AvgIpc) is 3.45. The van der Waals surface area contributed by atoms with Crippen LogP contribution in [0.4, 0.5) is 5.69 Å². The summed E-state index contributed by atoms with van der Waals surface area (Å²) in [6.07, 6.45) is 1.27. The molecule has 1 heterocycles. The molecule has 0 unspecified atom stereocenters. The molecule has 3 rings (SSSR count). The molecule has 2 aliphatic rings. The second kappa shape index (κ2) is 8.18. The van der Waals surface area contributed by atoms with Gasteiger partial charge in [0.15, 0.2) is 0 Å². The van der Waals surface area contributed by atoms with Crippen LogP contribution in [0.25, 0.3) is 0 Å². The lowest BCUT2D eigenvalue weighted by atomic mass is 10.0. The van der Waals surface area contributed by atoms with Gasteiger partial charge >= 0.3 is 0 Å². The summed E-state index contributed by atoms with van der Waals surface area (Å²) in [4.78, 5) is 29.9. The molecule has 1 aliphatic heterocycles. The number of rotatable bonds is 7. The zero-order chi connectivity index (χ0) is 18.6. The number of hydrogen-bond acceptors (Lipinski definition) is 4. The van der Waals surface area contributed by atoms with Gasteiger partial charge in [-0.05, 0) is 44.4 Å². The van der Waals surface area contributed by atoms with E-state index in [0.29, 0.717) is 25.9 Å². The first-order valence-electron chi connectivity index (χ1n) is 9.54. The molecule has 1 aromatic rings. The fourth-order valence-corrected chi connectivity index (χ4v) is 3.48. The third-order valence-electron chi connectivity index (χ3n) is 5.29. The fourth-order valence-electron chi connectivity index (χ4n) is 3.48. The van der Waals surface area contributed by atoms with Crippen molar-refractivity contribution in [1.29, 1.82) is 0 Å². The first kappa shape index (κ1) is 18.9. The highest BCUT2D eigenvalue weighted by Crippen LogP contribution is 2.48. The predicted molar refractivity (Wildman–Crippen MR) is 101 cm³/mol. The van der Waals surface area contributed by atoms with E-state index < -0.39 is 5.41 Å². The molecule has 142 valence electrons. The molecular formula is C20H29N3O3. The Hall–Kier alpha value is -1.92. The fraction of sp³-hybridized carbons (Fsp3) is 0.600. The molecule has 26 heavy (non-hydrogen) atoms. The number of nitrogens with zero attached hydrogens (tertiary/aromatic N) is 2. The van der Waals surface area contributed by atoms with Crippen LogP contribution in [0.2, 0.25) is 0 Å². The molecular weight excluding hydrogens is 330 g/mol. The lowest BCUT2D eigenvalue weighted by molar-refractivity contribution is -0.135. The van der Waals surface area contributed by atoms with Crippen molar-refractivity contribution >= 4 is 17.5 Å². The van der Waals surface area contributed by atoms with Gasteiger partial charge in [-0.15, -0.1) is 0 Å². The van der Waals surface area contributed by atoms with Gasteiger partial charge in [-0.3, -0.25) is 14.5 Å². The van der Waals surface area contributed by atoms with Gasteiger partial charge < -0.3 is 15.0 Å². The molecule has 2 amide bonds. The standard InChI is InChI=1S/C20H29N3O3/c1-3-23(17-6-4-5-16(2)15-17)19(25)20(7-8-20)18(24)21-9-10-22-11-13-26-14-12-22/h4-6,15H,3,7-14H2,1-2H3,(H,21,24). The SMILES string of the molecule is CCN(C(=O)C1(C(=O)NCCN2CCOCC2)CC1)c1cccc(C)c1. The topological polar surface area (TPSA) is 61.9 Å². The van der Waals surface area contributed by atoms with Crippen molar-refractivity contribution in [2.75, 3.05) is 50.8 Å².